The lowest BCUT2D eigenvalue weighted by molar-refractivity contribution is 0.107. The second-order valence-electron chi connectivity index (χ2n) is 2.88. The molecule has 15 heavy (non-hydrogen) atoms. The fourth-order valence-corrected chi connectivity index (χ4v) is 1.61. The number of ether oxygens (including phenoxy) is 1. The first kappa shape index (κ1) is 11.7. The van der Waals surface area contributed by atoms with Crippen molar-refractivity contribution in [3.05, 3.63) is 42.5 Å². The monoisotopic (exact) mass is 222 g/mol. The molecule has 0 unspecified atom stereocenters. The molecule has 0 radical (unpaired) electrons. The van der Waals surface area contributed by atoms with Crippen LogP contribution < -0.4 is 4.74 Å². The fraction of sp³-hybridized carbons (Fsp3) is 0.167. The van der Waals surface area contributed by atoms with Gasteiger partial charge in [0.05, 0.1) is 7.11 Å². The summed E-state index contributed by atoms with van der Waals surface area (Å²) >= 11 is 0.977. The second-order valence-corrected chi connectivity index (χ2v) is 3.86. The molecule has 1 aromatic carbocycles. The van der Waals surface area contributed by atoms with Gasteiger partial charge in [0.25, 0.3) is 0 Å². The first-order valence-electron chi connectivity index (χ1n) is 4.57. The van der Waals surface area contributed by atoms with E-state index in [1.54, 1.807) is 42.8 Å². The molecule has 0 N–H and O–H groups in total. The number of rotatable bonds is 5. The Morgan fingerprint density at radius 1 is 1.47 bits per heavy atom. The minimum atomic E-state index is 0.0427. The van der Waals surface area contributed by atoms with Crippen molar-refractivity contribution in [2.45, 2.75) is 0 Å². The third kappa shape index (κ3) is 3.72. The Bertz CT molecular complexity index is 366. The van der Waals surface area contributed by atoms with E-state index in [9.17, 15) is 4.79 Å². The summed E-state index contributed by atoms with van der Waals surface area (Å²) in [6, 6.07) is 7.10. The zero-order valence-electron chi connectivity index (χ0n) is 8.64. The predicted molar refractivity (Wildman–Crippen MR) is 67.4 cm³/mol. The van der Waals surface area contributed by atoms with Gasteiger partial charge in [-0.15, -0.1) is 6.58 Å². The maximum absolute atomic E-state index is 11.6. The molecule has 0 aliphatic heterocycles. The number of methoxy groups -OCH3 is 1. The highest BCUT2D eigenvalue weighted by Crippen LogP contribution is 2.11. The van der Waals surface area contributed by atoms with Gasteiger partial charge in [0, 0.05) is 16.7 Å². The van der Waals surface area contributed by atoms with Crippen molar-refractivity contribution in [2.75, 3.05) is 12.9 Å². The van der Waals surface area contributed by atoms with E-state index < -0.39 is 0 Å². The van der Waals surface area contributed by atoms with Gasteiger partial charge in [0.1, 0.15) is 5.75 Å². The molecule has 0 saturated heterocycles. The van der Waals surface area contributed by atoms with Gasteiger partial charge >= 0.3 is 0 Å². The van der Waals surface area contributed by atoms with Gasteiger partial charge < -0.3 is 4.74 Å². The number of hydrogen-bond donors (Lipinski definition) is 1. The van der Waals surface area contributed by atoms with Crippen LogP contribution in [0.5, 0.6) is 5.75 Å². The highest BCUT2D eigenvalue weighted by Gasteiger charge is 2.00. The smallest absolute Gasteiger partial charge is 0.191 e. The maximum atomic E-state index is 11.6. The average molecular weight is 222 g/mol. The molecule has 0 bridgehead atoms. The molecule has 0 aromatic heterocycles. The average Bonchev–Trinajstić information content (AvgIpc) is 2.29. The molecule has 3 heteroatoms. The van der Waals surface area contributed by atoms with Crippen LogP contribution in [0.3, 0.4) is 0 Å². The number of carbonyl (C=O) groups is 1. The van der Waals surface area contributed by atoms with E-state index in [1.807, 2.05) is 0 Å². The van der Waals surface area contributed by atoms with Crippen LogP contribution in [-0.2, 0) is 0 Å². The van der Waals surface area contributed by atoms with Crippen molar-refractivity contribution < 1.29 is 9.53 Å². The third-order valence-corrected chi connectivity index (χ3v) is 2.70. The SMILES string of the molecule is C=CC[SH]=CC(=O)c1ccc(OC)cc1. The van der Waals surface area contributed by atoms with Gasteiger partial charge in [-0.3, -0.25) is 4.79 Å². The van der Waals surface area contributed by atoms with Gasteiger partial charge in [-0.25, -0.2) is 0 Å². The highest BCUT2D eigenvalue weighted by molar-refractivity contribution is 7.98. The van der Waals surface area contributed by atoms with E-state index in [-0.39, 0.29) is 5.78 Å². The van der Waals surface area contributed by atoms with Crippen molar-refractivity contribution in [1.29, 1.82) is 0 Å². The molecular weight excluding hydrogens is 208 g/mol. The lowest BCUT2D eigenvalue weighted by Crippen LogP contribution is -1.98. The van der Waals surface area contributed by atoms with Crippen LogP contribution in [0.4, 0.5) is 0 Å². The lowest BCUT2D eigenvalue weighted by Gasteiger charge is -1.99. The summed E-state index contributed by atoms with van der Waals surface area (Å²) < 4.78 is 5.01. The number of thiol groups is 1. The van der Waals surface area contributed by atoms with Crippen LogP contribution in [0.1, 0.15) is 10.4 Å². The number of hydrogen-bond acceptors (Lipinski definition) is 2. The molecule has 0 spiro atoms. The van der Waals surface area contributed by atoms with Gasteiger partial charge in [-0.2, -0.15) is 11.4 Å². The molecule has 0 amide bonds. The minimum absolute atomic E-state index is 0.0427. The molecule has 0 aliphatic rings. The summed E-state index contributed by atoms with van der Waals surface area (Å²) in [5.41, 5.74) is 0.687. The molecule has 1 rings (SSSR count). The Labute approximate surface area is 93.5 Å². The Morgan fingerprint density at radius 2 is 2.13 bits per heavy atom. The molecule has 2 nitrogen and oxygen atoms in total. The topological polar surface area (TPSA) is 26.3 Å². The molecule has 1 aromatic rings. The molecule has 80 valence electrons. The normalized spacial score (nSPS) is 10.7. The van der Waals surface area contributed by atoms with E-state index in [0.29, 0.717) is 5.56 Å². The van der Waals surface area contributed by atoms with Crippen LogP contribution in [0.25, 0.3) is 0 Å². The molecule has 0 aliphatic carbocycles. The van der Waals surface area contributed by atoms with Crippen LogP contribution >= 0.6 is 11.4 Å². The van der Waals surface area contributed by atoms with Crippen molar-refractivity contribution >= 4 is 22.5 Å². The zero-order chi connectivity index (χ0) is 11.1. The van der Waals surface area contributed by atoms with Gasteiger partial charge in [0.2, 0.25) is 0 Å². The summed E-state index contributed by atoms with van der Waals surface area (Å²) in [7, 11) is 1.60. The van der Waals surface area contributed by atoms with Gasteiger partial charge in [-0.05, 0) is 24.3 Å². The van der Waals surface area contributed by atoms with Gasteiger partial charge in [-0.1, -0.05) is 6.08 Å². The zero-order valence-corrected chi connectivity index (χ0v) is 9.54. The van der Waals surface area contributed by atoms with Gasteiger partial charge in [0.15, 0.2) is 5.78 Å². The van der Waals surface area contributed by atoms with Crippen LogP contribution in [0.15, 0.2) is 36.9 Å². The summed E-state index contributed by atoms with van der Waals surface area (Å²) in [4.78, 5) is 11.6. The first-order valence-corrected chi connectivity index (χ1v) is 5.72. The Hall–Kier alpha value is -1.35. The first-order chi connectivity index (χ1) is 7.27. The second kappa shape index (κ2) is 6.19. The predicted octanol–water partition coefficient (Wildman–Crippen LogP) is 2.33. The van der Waals surface area contributed by atoms with Crippen molar-refractivity contribution in [3.63, 3.8) is 0 Å². The Kier molecular flexibility index (Phi) is 4.84. The summed E-state index contributed by atoms with van der Waals surface area (Å²) in [5, 5.41) is 1.66. The molecule has 0 heterocycles. The Morgan fingerprint density at radius 3 is 2.67 bits per heavy atom. The number of ketones is 1. The van der Waals surface area contributed by atoms with Crippen molar-refractivity contribution in [3.8, 4) is 5.75 Å². The van der Waals surface area contributed by atoms with Crippen molar-refractivity contribution in [1.82, 2.24) is 0 Å². The van der Waals surface area contributed by atoms with E-state index in [4.69, 9.17) is 4.74 Å². The molecule has 0 atom stereocenters. The number of benzene rings is 1. The maximum Gasteiger partial charge on any atom is 0.191 e. The van der Waals surface area contributed by atoms with Crippen LogP contribution in [0, 0.1) is 0 Å². The Balaban J connectivity index is 2.69. The lowest BCUT2D eigenvalue weighted by atomic mass is 10.1. The number of Topliss-reactive ketones (excluding diaryl/α,β-unsaturated/α-hetero) is 1. The van der Waals surface area contributed by atoms with E-state index in [2.05, 4.69) is 6.58 Å². The summed E-state index contributed by atoms with van der Waals surface area (Å²) in [6.45, 7) is 3.60. The third-order valence-electron chi connectivity index (χ3n) is 1.82. The minimum Gasteiger partial charge on any atom is -0.497 e. The number of carbonyl (C=O) groups excluding carboxylic acids is 1. The molecule has 0 saturated carbocycles. The van der Waals surface area contributed by atoms with Crippen LogP contribution in [0.2, 0.25) is 0 Å². The fourth-order valence-electron chi connectivity index (χ4n) is 1.04. The van der Waals surface area contributed by atoms with E-state index in [1.165, 1.54) is 0 Å². The largest absolute Gasteiger partial charge is 0.497 e. The van der Waals surface area contributed by atoms with Crippen molar-refractivity contribution in [2.24, 2.45) is 0 Å². The van der Waals surface area contributed by atoms with Crippen LogP contribution in [-0.4, -0.2) is 24.0 Å². The summed E-state index contributed by atoms with van der Waals surface area (Å²) in [5.74, 6) is 1.61. The van der Waals surface area contributed by atoms with E-state index >= 15 is 0 Å². The molecule has 0 fully saturated rings. The highest BCUT2D eigenvalue weighted by atomic mass is 32.1. The quantitative estimate of drug-likeness (QED) is 0.358. The summed E-state index contributed by atoms with van der Waals surface area (Å²) in [6.07, 6.45) is 1.79. The molecular formula is C12H14O2S. The standard InChI is InChI=1S/C12H14O2S/c1-3-8-15-9-12(13)10-4-6-11(14-2)7-5-10/h3-7,9,15H,1,8H2,2H3. The van der Waals surface area contributed by atoms with E-state index in [0.717, 1.165) is 22.9 Å².